The number of rotatable bonds is 8. The molecule has 3 aromatic carbocycles. The summed E-state index contributed by atoms with van der Waals surface area (Å²) in [6.45, 7) is 3.83. The van der Waals surface area contributed by atoms with Crippen molar-refractivity contribution < 1.29 is 27.9 Å². The van der Waals surface area contributed by atoms with Gasteiger partial charge in [-0.05, 0) is 55.8 Å². The van der Waals surface area contributed by atoms with Crippen molar-refractivity contribution >= 4 is 35.0 Å². The summed E-state index contributed by atoms with van der Waals surface area (Å²) in [5.41, 5.74) is 2.42. The fourth-order valence-electron chi connectivity index (χ4n) is 5.13. The third-order valence-corrected chi connectivity index (χ3v) is 8.10. The monoisotopic (exact) mass is 622 g/mol. The predicted octanol–water partition coefficient (Wildman–Crippen LogP) is 5.51. The van der Waals surface area contributed by atoms with Gasteiger partial charge >= 0.3 is 11.9 Å². The fourth-order valence-corrected chi connectivity index (χ4v) is 6.11. The van der Waals surface area contributed by atoms with Crippen molar-refractivity contribution in [1.82, 2.24) is 4.57 Å². The van der Waals surface area contributed by atoms with E-state index in [4.69, 9.17) is 18.9 Å². The van der Waals surface area contributed by atoms with E-state index in [9.17, 15) is 18.8 Å². The summed E-state index contributed by atoms with van der Waals surface area (Å²) in [6.07, 6.45) is 1.61. The van der Waals surface area contributed by atoms with Gasteiger partial charge in [0.2, 0.25) is 0 Å². The molecular formula is C35H27FN2O6S. The number of carbonyl (C=O) groups excluding carboxylic acids is 2. The van der Waals surface area contributed by atoms with Crippen LogP contribution in [-0.2, 0) is 14.3 Å². The van der Waals surface area contributed by atoms with Crippen LogP contribution in [0.5, 0.6) is 0 Å². The fraction of sp³-hybridized carbons (Fsp3) is 0.143. The average molecular weight is 623 g/mol. The van der Waals surface area contributed by atoms with Gasteiger partial charge in [0.25, 0.3) is 5.56 Å². The minimum absolute atomic E-state index is 0.120. The summed E-state index contributed by atoms with van der Waals surface area (Å²) in [4.78, 5) is 44.9. The maximum absolute atomic E-state index is 14.0. The minimum atomic E-state index is -0.920. The number of nitrogens with zero attached hydrogens (tertiary/aromatic N) is 2. The Balaban J connectivity index is 1.50. The van der Waals surface area contributed by atoms with Crippen molar-refractivity contribution in [3.8, 4) is 11.3 Å². The Kier molecular flexibility index (Phi) is 8.39. The van der Waals surface area contributed by atoms with Crippen LogP contribution in [0.4, 0.5) is 4.39 Å². The van der Waals surface area contributed by atoms with Crippen molar-refractivity contribution in [2.45, 2.75) is 19.9 Å². The van der Waals surface area contributed by atoms with Crippen LogP contribution in [0.1, 0.15) is 47.1 Å². The summed E-state index contributed by atoms with van der Waals surface area (Å²) in [5, 5.41) is 0. The van der Waals surface area contributed by atoms with Crippen molar-refractivity contribution in [3.63, 3.8) is 0 Å². The van der Waals surface area contributed by atoms with E-state index in [1.54, 1.807) is 62.4 Å². The molecule has 2 aromatic heterocycles. The Bertz CT molecular complexity index is 2110. The van der Waals surface area contributed by atoms with Gasteiger partial charge in [0.05, 0.1) is 40.6 Å². The summed E-state index contributed by atoms with van der Waals surface area (Å²) >= 11 is 1.15. The Labute approximate surface area is 261 Å². The number of aromatic nitrogens is 1. The van der Waals surface area contributed by atoms with Gasteiger partial charge in [-0.25, -0.2) is 19.0 Å². The second-order valence-electron chi connectivity index (χ2n) is 9.99. The molecule has 0 radical (unpaired) electrons. The molecule has 0 saturated heterocycles. The molecule has 45 heavy (non-hydrogen) atoms. The summed E-state index contributed by atoms with van der Waals surface area (Å²) < 4.78 is 32.4. The molecule has 0 bridgehead atoms. The summed E-state index contributed by atoms with van der Waals surface area (Å²) in [6, 6.07) is 24.3. The highest BCUT2D eigenvalue weighted by Gasteiger charge is 2.35. The highest BCUT2D eigenvalue weighted by atomic mass is 32.1. The van der Waals surface area contributed by atoms with Crippen LogP contribution >= 0.6 is 11.3 Å². The highest BCUT2D eigenvalue weighted by Crippen LogP contribution is 2.35. The number of hydrogen-bond acceptors (Lipinski definition) is 8. The first kappa shape index (κ1) is 29.7. The lowest BCUT2D eigenvalue weighted by Crippen LogP contribution is -2.40. The predicted molar refractivity (Wildman–Crippen MR) is 168 cm³/mol. The van der Waals surface area contributed by atoms with Crippen LogP contribution in [0, 0.1) is 5.82 Å². The molecule has 10 heteroatoms. The van der Waals surface area contributed by atoms with Crippen LogP contribution in [0.3, 0.4) is 0 Å². The Morgan fingerprint density at radius 3 is 2.36 bits per heavy atom. The maximum Gasteiger partial charge on any atom is 0.338 e. The van der Waals surface area contributed by atoms with E-state index >= 15 is 0 Å². The van der Waals surface area contributed by atoms with Crippen LogP contribution in [-0.4, -0.2) is 29.7 Å². The molecule has 0 N–H and O–H groups in total. The zero-order chi connectivity index (χ0) is 31.5. The number of hydrogen-bond donors (Lipinski definition) is 0. The molecule has 8 nitrogen and oxygen atoms in total. The van der Waals surface area contributed by atoms with Crippen molar-refractivity contribution in [2.75, 3.05) is 13.2 Å². The van der Waals surface area contributed by atoms with E-state index in [0.29, 0.717) is 48.8 Å². The van der Waals surface area contributed by atoms with E-state index in [2.05, 4.69) is 0 Å². The smallest absolute Gasteiger partial charge is 0.338 e. The minimum Gasteiger partial charge on any atom is -0.463 e. The number of benzene rings is 3. The van der Waals surface area contributed by atoms with Gasteiger partial charge in [-0.15, -0.1) is 0 Å². The molecule has 0 saturated carbocycles. The normalized spacial score (nSPS) is 14.6. The number of ether oxygens (including phenoxy) is 2. The third kappa shape index (κ3) is 5.92. The number of esters is 2. The Morgan fingerprint density at radius 2 is 1.62 bits per heavy atom. The molecule has 0 spiro atoms. The topological polar surface area (TPSA) is 100 Å². The van der Waals surface area contributed by atoms with Gasteiger partial charge in [-0.1, -0.05) is 65.9 Å². The molecule has 0 amide bonds. The molecule has 0 fully saturated rings. The molecular weight excluding hydrogens is 595 g/mol. The van der Waals surface area contributed by atoms with Crippen molar-refractivity contribution in [2.24, 2.45) is 4.99 Å². The van der Waals surface area contributed by atoms with Crippen LogP contribution in [0.2, 0.25) is 0 Å². The highest BCUT2D eigenvalue weighted by molar-refractivity contribution is 7.07. The third-order valence-electron chi connectivity index (χ3n) is 7.12. The molecule has 226 valence electrons. The molecule has 1 aliphatic rings. The Morgan fingerprint density at radius 1 is 0.911 bits per heavy atom. The first-order chi connectivity index (χ1) is 21.9. The maximum atomic E-state index is 14.0. The van der Waals surface area contributed by atoms with Gasteiger partial charge in [0.1, 0.15) is 17.3 Å². The zero-order valence-corrected chi connectivity index (χ0v) is 25.2. The standard InChI is InChI=1S/C35H27FN2O6S/c1-3-42-33(40)24-12-8-11-23(19-24)27-18-17-26(44-27)20-28-32(39)38-31(22-13-15-25(36)16-14-22)29(34(41)43-4-2)30(37-35(38)45-28)21-9-6-5-7-10-21/h5-20,31H,3-4H2,1-2H3/b28-20-/t31-/m0/s1. The number of thiazole rings is 1. The SMILES string of the molecule is CCOC(=O)C1=C(c2ccccc2)N=c2s/c(=C\c3ccc(-c4cccc(C(=O)OCC)c4)o3)c(=O)n2[C@H]1c1ccc(F)cc1. The van der Waals surface area contributed by atoms with E-state index < -0.39 is 29.4 Å². The number of halogens is 1. The van der Waals surface area contributed by atoms with E-state index in [1.807, 2.05) is 36.4 Å². The summed E-state index contributed by atoms with van der Waals surface area (Å²) in [5.74, 6) is -0.592. The molecule has 6 rings (SSSR count). The lowest BCUT2D eigenvalue weighted by molar-refractivity contribution is -0.138. The molecule has 0 unspecified atom stereocenters. The second kappa shape index (κ2) is 12.7. The van der Waals surface area contributed by atoms with E-state index in [1.165, 1.54) is 16.7 Å². The quantitative estimate of drug-likeness (QED) is 0.212. The summed E-state index contributed by atoms with van der Waals surface area (Å²) in [7, 11) is 0. The first-order valence-electron chi connectivity index (χ1n) is 14.3. The molecule has 1 atom stereocenters. The largest absolute Gasteiger partial charge is 0.463 e. The number of carbonyl (C=O) groups is 2. The van der Waals surface area contributed by atoms with E-state index in [0.717, 1.165) is 11.3 Å². The Hall–Kier alpha value is -5.35. The van der Waals surface area contributed by atoms with Gasteiger partial charge in [0.15, 0.2) is 4.80 Å². The van der Waals surface area contributed by atoms with Crippen LogP contribution < -0.4 is 14.9 Å². The zero-order valence-electron chi connectivity index (χ0n) is 24.4. The average Bonchev–Trinajstić information content (AvgIpc) is 3.65. The molecule has 1 aliphatic heterocycles. The van der Waals surface area contributed by atoms with E-state index in [-0.39, 0.29) is 18.8 Å². The lowest BCUT2D eigenvalue weighted by atomic mass is 9.93. The molecule has 0 aliphatic carbocycles. The molecule has 5 aromatic rings. The van der Waals surface area contributed by atoms with Gasteiger partial charge in [-0.2, -0.15) is 0 Å². The lowest BCUT2D eigenvalue weighted by Gasteiger charge is -2.25. The van der Waals surface area contributed by atoms with Crippen molar-refractivity contribution in [3.05, 3.63) is 145 Å². The van der Waals surface area contributed by atoms with Crippen LogP contribution in [0.15, 0.2) is 111 Å². The van der Waals surface area contributed by atoms with Gasteiger partial charge in [0, 0.05) is 17.2 Å². The van der Waals surface area contributed by atoms with Gasteiger partial charge in [-0.3, -0.25) is 9.36 Å². The number of fused-ring (bicyclic) bond motifs is 1. The van der Waals surface area contributed by atoms with Crippen molar-refractivity contribution in [1.29, 1.82) is 0 Å². The number of furan rings is 1. The van der Waals surface area contributed by atoms with Gasteiger partial charge < -0.3 is 13.9 Å². The first-order valence-corrected chi connectivity index (χ1v) is 15.1. The molecule has 3 heterocycles. The van der Waals surface area contributed by atoms with Crippen LogP contribution in [0.25, 0.3) is 23.1 Å². The second-order valence-corrected chi connectivity index (χ2v) is 11.0.